The lowest BCUT2D eigenvalue weighted by Crippen LogP contribution is -1.88. The van der Waals surface area contributed by atoms with E-state index < -0.39 is 0 Å². The maximum absolute atomic E-state index is 5.78. The van der Waals surface area contributed by atoms with Gasteiger partial charge in [0.2, 0.25) is 0 Å². The maximum atomic E-state index is 5.78. The maximum Gasteiger partial charge on any atom is 0.129 e. The first kappa shape index (κ1) is 9.75. The molecule has 3 heteroatoms. The summed E-state index contributed by atoms with van der Waals surface area (Å²) in [4.78, 5) is 4.06. The lowest BCUT2D eigenvalue weighted by molar-refractivity contribution is 1.19. The molecule has 0 saturated carbocycles. The average molecular weight is 247 g/mol. The van der Waals surface area contributed by atoms with Crippen molar-refractivity contribution in [2.24, 2.45) is 0 Å². The third-order valence-corrected chi connectivity index (χ3v) is 2.36. The lowest BCUT2D eigenvalue weighted by Gasteiger charge is -2.03. The van der Waals surface area contributed by atoms with Gasteiger partial charge in [0.25, 0.3) is 0 Å². The summed E-state index contributed by atoms with van der Waals surface area (Å²) in [6.07, 6.45) is 0. The monoisotopic (exact) mass is 245 g/mol. The molecular formula is C9H9BrClN. The molecule has 0 atom stereocenters. The number of nitrogens with zero attached hydrogens (tertiary/aromatic N) is 1. The Morgan fingerprint density at radius 3 is 2.83 bits per heavy atom. The molecule has 1 aromatic heterocycles. The Bertz CT molecular complexity index is 289. The fourth-order valence-corrected chi connectivity index (χ4v) is 1.48. The van der Waals surface area contributed by atoms with Crippen molar-refractivity contribution in [3.8, 4) is 0 Å². The summed E-state index contributed by atoms with van der Waals surface area (Å²) in [6.45, 7) is 5.81. The van der Waals surface area contributed by atoms with E-state index in [2.05, 4.69) is 27.5 Å². The summed E-state index contributed by atoms with van der Waals surface area (Å²) in [5, 5.41) is 1.28. The molecule has 0 unspecified atom stereocenters. The zero-order valence-corrected chi connectivity index (χ0v) is 9.11. The van der Waals surface area contributed by atoms with Gasteiger partial charge < -0.3 is 0 Å². The Balaban J connectivity index is 3.08. The molecule has 0 aromatic carbocycles. The van der Waals surface area contributed by atoms with Gasteiger partial charge >= 0.3 is 0 Å². The summed E-state index contributed by atoms with van der Waals surface area (Å²) >= 11 is 9.12. The zero-order chi connectivity index (χ0) is 9.14. The largest absolute Gasteiger partial charge is 0.241 e. The van der Waals surface area contributed by atoms with Crippen LogP contribution in [0.5, 0.6) is 0 Å². The highest BCUT2D eigenvalue weighted by molar-refractivity contribution is 9.09. The van der Waals surface area contributed by atoms with Crippen molar-refractivity contribution < 1.29 is 0 Å². The van der Waals surface area contributed by atoms with Gasteiger partial charge in [-0.05, 0) is 30.2 Å². The van der Waals surface area contributed by atoms with E-state index in [9.17, 15) is 0 Å². The molecule has 0 radical (unpaired) electrons. The van der Waals surface area contributed by atoms with Gasteiger partial charge in [-0.15, -0.1) is 0 Å². The van der Waals surface area contributed by atoms with Gasteiger partial charge in [0.1, 0.15) is 5.15 Å². The van der Waals surface area contributed by atoms with Crippen molar-refractivity contribution in [1.29, 1.82) is 0 Å². The lowest BCUT2D eigenvalue weighted by atomic mass is 10.1. The highest BCUT2D eigenvalue weighted by atomic mass is 79.9. The van der Waals surface area contributed by atoms with Crippen molar-refractivity contribution >= 4 is 33.1 Å². The molecule has 0 fully saturated rings. The van der Waals surface area contributed by atoms with Gasteiger partial charge in [0.15, 0.2) is 0 Å². The topological polar surface area (TPSA) is 12.9 Å². The molecule has 0 saturated heterocycles. The minimum absolute atomic E-state index is 0.520. The molecule has 0 aliphatic carbocycles. The second kappa shape index (κ2) is 4.06. The van der Waals surface area contributed by atoms with Crippen LogP contribution in [-0.2, 0) is 0 Å². The minimum Gasteiger partial charge on any atom is -0.241 e. The van der Waals surface area contributed by atoms with Gasteiger partial charge in [-0.3, -0.25) is 0 Å². The quantitative estimate of drug-likeness (QED) is 0.575. The normalized spacial score (nSPS) is 9.92. The first-order valence-corrected chi connectivity index (χ1v) is 5.01. The van der Waals surface area contributed by atoms with Gasteiger partial charge in [-0.25, -0.2) is 4.98 Å². The van der Waals surface area contributed by atoms with E-state index in [1.165, 1.54) is 0 Å². The molecule has 1 rings (SSSR count). The highest BCUT2D eigenvalue weighted by Crippen LogP contribution is 2.18. The van der Waals surface area contributed by atoms with Crippen molar-refractivity contribution in [1.82, 2.24) is 4.98 Å². The molecule has 0 aliphatic heterocycles. The third-order valence-electron chi connectivity index (χ3n) is 1.49. The van der Waals surface area contributed by atoms with E-state index >= 15 is 0 Å². The first-order chi connectivity index (χ1) is 5.63. The van der Waals surface area contributed by atoms with Crippen molar-refractivity contribution in [2.45, 2.75) is 6.92 Å². The molecule has 0 bridgehead atoms. The molecule has 64 valence electrons. The van der Waals surface area contributed by atoms with Gasteiger partial charge in [-0.2, -0.15) is 0 Å². The molecule has 1 aromatic rings. The van der Waals surface area contributed by atoms with Gasteiger partial charge in [-0.1, -0.05) is 34.1 Å². The fourth-order valence-electron chi connectivity index (χ4n) is 0.909. The SMILES string of the molecule is C=C(CBr)c1cc(C)nc(Cl)c1. The van der Waals surface area contributed by atoms with E-state index in [-0.39, 0.29) is 0 Å². The van der Waals surface area contributed by atoms with E-state index in [0.29, 0.717) is 5.15 Å². The van der Waals surface area contributed by atoms with Crippen molar-refractivity contribution in [3.05, 3.63) is 35.1 Å². The van der Waals surface area contributed by atoms with Gasteiger partial charge in [0.05, 0.1) is 0 Å². The smallest absolute Gasteiger partial charge is 0.129 e. The Morgan fingerprint density at radius 2 is 2.33 bits per heavy atom. The van der Waals surface area contributed by atoms with E-state index in [0.717, 1.165) is 22.2 Å². The second-order valence-corrected chi connectivity index (χ2v) is 3.51. The van der Waals surface area contributed by atoms with Crippen molar-refractivity contribution in [2.75, 3.05) is 5.33 Å². The fraction of sp³-hybridized carbons (Fsp3) is 0.222. The Morgan fingerprint density at radius 1 is 1.67 bits per heavy atom. The van der Waals surface area contributed by atoms with Crippen LogP contribution in [0.15, 0.2) is 18.7 Å². The average Bonchev–Trinajstić information content (AvgIpc) is 2.01. The number of rotatable bonds is 2. The van der Waals surface area contributed by atoms with Crippen LogP contribution in [0.25, 0.3) is 5.57 Å². The third kappa shape index (κ3) is 2.32. The predicted molar refractivity (Wildman–Crippen MR) is 56.8 cm³/mol. The summed E-state index contributed by atoms with van der Waals surface area (Å²) in [6, 6.07) is 3.79. The molecule has 0 N–H and O–H groups in total. The molecule has 0 spiro atoms. The standard InChI is InChI=1S/C9H9BrClN/c1-6(5-10)8-3-7(2)12-9(11)4-8/h3-4H,1,5H2,2H3. The van der Waals surface area contributed by atoms with Crippen LogP contribution in [0.3, 0.4) is 0 Å². The molecule has 1 heterocycles. The number of pyridine rings is 1. The summed E-state index contributed by atoms with van der Waals surface area (Å²) in [5.41, 5.74) is 2.98. The first-order valence-electron chi connectivity index (χ1n) is 3.52. The summed E-state index contributed by atoms with van der Waals surface area (Å²) in [7, 11) is 0. The number of hydrogen-bond acceptors (Lipinski definition) is 1. The number of aromatic nitrogens is 1. The number of hydrogen-bond donors (Lipinski definition) is 0. The number of aryl methyl sites for hydroxylation is 1. The van der Waals surface area contributed by atoms with Crippen LogP contribution in [0.2, 0.25) is 5.15 Å². The molecule has 12 heavy (non-hydrogen) atoms. The zero-order valence-electron chi connectivity index (χ0n) is 6.77. The molecule has 0 amide bonds. The Hall–Kier alpha value is -0.340. The van der Waals surface area contributed by atoms with Crippen LogP contribution in [0, 0.1) is 6.92 Å². The number of halogens is 2. The molecular weight excluding hydrogens is 237 g/mol. The van der Waals surface area contributed by atoms with E-state index in [4.69, 9.17) is 11.6 Å². The van der Waals surface area contributed by atoms with Crippen LogP contribution >= 0.6 is 27.5 Å². The van der Waals surface area contributed by atoms with Crippen LogP contribution in [0.1, 0.15) is 11.3 Å². The molecule has 0 aliphatic rings. The van der Waals surface area contributed by atoms with Crippen LogP contribution in [0.4, 0.5) is 0 Å². The van der Waals surface area contributed by atoms with Crippen LogP contribution < -0.4 is 0 Å². The summed E-state index contributed by atoms with van der Waals surface area (Å²) < 4.78 is 0. The number of alkyl halides is 1. The predicted octanol–water partition coefficient (Wildman–Crippen LogP) is 3.45. The van der Waals surface area contributed by atoms with E-state index in [1.54, 1.807) is 0 Å². The minimum atomic E-state index is 0.520. The second-order valence-electron chi connectivity index (χ2n) is 2.56. The highest BCUT2D eigenvalue weighted by Gasteiger charge is 2.00. The Labute approximate surface area is 85.6 Å². The Kier molecular flexibility index (Phi) is 3.29. The van der Waals surface area contributed by atoms with E-state index in [1.807, 2.05) is 19.1 Å². The van der Waals surface area contributed by atoms with Gasteiger partial charge in [0, 0.05) is 11.0 Å². The van der Waals surface area contributed by atoms with Crippen molar-refractivity contribution in [3.63, 3.8) is 0 Å². The summed E-state index contributed by atoms with van der Waals surface area (Å²) in [5.74, 6) is 0. The van der Waals surface area contributed by atoms with Crippen LogP contribution in [-0.4, -0.2) is 10.3 Å². The molecule has 1 nitrogen and oxygen atoms in total. The number of allylic oxidation sites excluding steroid dienone is 1.